The first-order valence-electron chi connectivity index (χ1n) is 9.45. The van der Waals surface area contributed by atoms with Crippen molar-refractivity contribution in [3.63, 3.8) is 0 Å². The number of carbonyl (C=O) groups excluding carboxylic acids is 2. The quantitative estimate of drug-likeness (QED) is 0.626. The van der Waals surface area contributed by atoms with E-state index in [0.717, 1.165) is 11.1 Å². The fourth-order valence-electron chi connectivity index (χ4n) is 3.42. The molecule has 2 aromatic carbocycles. The van der Waals surface area contributed by atoms with E-state index in [2.05, 4.69) is 11.9 Å². The molecule has 0 spiro atoms. The molecule has 0 aromatic heterocycles. The van der Waals surface area contributed by atoms with Crippen molar-refractivity contribution in [1.29, 1.82) is 0 Å². The number of fused-ring (bicyclic) bond motifs is 1. The second-order valence-corrected chi connectivity index (χ2v) is 7.04. The number of benzene rings is 2. The molecule has 2 aromatic rings. The highest BCUT2D eigenvalue weighted by molar-refractivity contribution is 6.36. The molecule has 2 amide bonds. The molecule has 0 saturated heterocycles. The Morgan fingerprint density at radius 3 is 2.48 bits per heavy atom. The molecule has 0 bridgehead atoms. The average molecular weight is 390 g/mol. The van der Waals surface area contributed by atoms with Crippen molar-refractivity contribution in [3.8, 4) is 11.5 Å². The first-order chi connectivity index (χ1) is 14.0. The molecule has 0 aliphatic carbocycles. The minimum Gasteiger partial charge on any atom is -0.486 e. The molecule has 29 heavy (non-hydrogen) atoms. The van der Waals surface area contributed by atoms with Gasteiger partial charge in [0.25, 0.3) is 11.8 Å². The van der Waals surface area contributed by atoms with E-state index in [4.69, 9.17) is 9.47 Å². The average Bonchev–Trinajstić information content (AvgIpc) is 2.95. The van der Waals surface area contributed by atoms with Crippen LogP contribution in [0, 0.1) is 13.8 Å². The summed E-state index contributed by atoms with van der Waals surface area (Å²) in [5.41, 5.74) is 4.13. The van der Waals surface area contributed by atoms with E-state index >= 15 is 0 Å². The van der Waals surface area contributed by atoms with Crippen molar-refractivity contribution in [3.05, 3.63) is 71.4 Å². The van der Waals surface area contributed by atoms with Crippen LogP contribution in [-0.4, -0.2) is 36.5 Å². The van der Waals surface area contributed by atoms with Gasteiger partial charge in [0.2, 0.25) is 0 Å². The molecule has 0 radical (unpaired) electrons. The van der Waals surface area contributed by atoms with Crippen LogP contribution in [0.1, 0.15) is 16.7 Å². The van der Waals surface area contributed by atoms with Crippen molar-refractivity contribution in [2.75, 3.05) is 25.1 Å². The lowest BCUT2D eigenvalue weighted by Crippen LogP contribution is -2.32. The highest BCUT2D eigenvalue weighted by Crippen LogP contribution is 2.35. The normalized spacial score (nSPS) is 15.7. The van der Waals surface area contributed by atoms with Gasteiger partial charge in [0.15, 0.2) is 11.5 Å². The number of carbonyl (C=O) groups is 2. The van der Waals surface area contributed by atoms with Crippen LogP contribution in [0.25, 0.3) is 5.57 Å². The van der Waals surface area contributed by atoms with Gasteiger partial charge in [-0.25, -0.2) is 0 Å². The van der Waals surface area contributed by atoms with E-state index in [9.17, 15) is 9.59 Å². The van der Waals surface area contributed by atoms with Crippen LogP contribution in [0.5, 0.6) is 11.5 Å². The van der Waals surface area contributed by atoms with E-state index in [1.165, 1.54) is 4.90 Å². The molecule has 0 fully saturated rings. The van der Waals surface area contributed by atoms with Gasteiger partial charge in [0.05, 0.1) is 5.57 Å². The Hall–Kier alpha value is -3.54. The van der Waals surface area contributed by atoms with E-state index in [0.29, 0.717) is 41.5 Å². The van der Waals surface area contributed by atoms with Gasteiger partial charge in [-0.05, 0) is 42.7 Å². The highest BCUT2D eigenvalue weighted by Gasteiger charge is 2.38. The summed E-state index contributed by atoms with van der Waals surface area (Å²) >= 11 is 0. The van der Waals surface area contributed by atoms with E-state index in [1.807, 2.05) is 32.0 Å². The first-order valence-corrected chi connectivity index (χ1v) is 9.45. The predicted octanol–water partition coefficient (Wildman–Crippen LogP) is 3.45. The third kappa shape index (κ3) is 3.38. The summed E-state index contributed by atoms with van der Waals surface area (Å²) in [5.74, 6) is 0.554. The predicted molar refractivity (Wildman–Crippen MR) is 111 cm³/mol. The van der Waals surface area contributed by atoms with Crippen LogP contribution in [0.3, 0.4) is 0 Å². The zero-order valence-corrected chi connectivity index (χ0v) is 16.5. The largest absolute Gasteiger partial charge is 0.486 e. The number of nitrogens with zero attached hydrogens (tertiary/aromatic N) is 1. The number of hydrogen-bond acceptors (Lipinski definition) is 5. The van der Waals surface area contributed by atoms with Crippen LogP contribution in [-0.2, 0) is 9.59 Å². The van der Waals surface area contributed by atoms with Gasteiger partial charge in [-0.15, -0.1) is 6.58 Å². The van der Waals surface area contributed by atoms with Crippen LogP contribution >= 0.6 is 0 Å². The topological polar surface area (TPSA) is 67.9 Å². The Kier molecular flexibility index (Phi) is 4.84. The molecule has 6 nitrogen and oxygen atoms in total. The highest BCUT2D eigenvalue weighted by atomic mass is 16.6. The standard InChI is InChI=1S/C23H22N2O4/c1-4-9-25-22(26)20(16-6-5-14(2)15(3)12-16)21(23(25)27)24-17-7-8-18-19(13-17)29-11-10-28-18/h4-8,12-13,24H,1,9-11H2,2-3H3. The number of imide groups is 1. The first kappa shape index (κ1) is 18.8. The Morgan fingerprint density at radius 1 is 1.00 bits per heavy atom. The molecule has 2 aliphatic heterocycles. The SMILES string of the molecule is C=CCN1C(=O)C(Nc2ccc3c(c2)OCCO3)=C(c2ccc(C)c(C)c2)C1=O. The van der Waals surface area contributed by atoms with Gasteiger partial charge in [0.1, 0.15) is 18.9 Å². The van der Waals surface area contributed by atoms with E-state index in [1.54, 1.807) is 24.3 Å². The number of aryl methyl sites for hydroxylation is 2. The van der Waals surface area contributed by atoms with E-state index in [-0.39, 0.29) is 24.1 Å². The van der Waals surface area contributed by atoms with Crippen molar-refractivity contribution in [1.82, 2.24) is 4.90 Å². The summed E-state index contributed by atoms with van der Waals surface area (Å²) in [6.45, 7) is 8.77. The summed E-state index contributed by atoms with van der Waals surface area (Å²) < 4.78 is 11.2. The van der Waals surface area contributed by atoms with Crippen LogP contribution in [0.4, 0.5) is 5.69 Å². The zero-order chi connectivity index (χ0) is 20.5. The number of hydrogen-bond donors (Lipinski definition) is 1. The molecule has 148 valence electrons. The van der Waals surface area contributed by atoms with Gasteiger partial charge in [-0.2, -0.15) is 0 Å². The lowest BCUT2D eigenvalue weighted by Gasteiger charge is -2.19. The van der Waals surface area contributed by atoms with Gasteiger partial charge >= 0.3 is 0 Å². The van der Waals surface area contributed by atoms with Gasteiger partial charge in [-0.1, -0.05) is 24.3 Å². The summed E-state index contributed by atoms with van der Waals surface area (Å²) in [7, 11) is 0. The third-order valence-electron chi connectivity index (χ3n) is 5.09. The van der Waals surface area contributed by atoms with Crippen LogP contribution in [0.15, 0.2) is 54.8 Å². The van der Waals surface area contributed by atoms with Crippen molar-refractivity contribution in [2.45, 2.75) is 13.8 Å². The number of nitrogens with one attached hydrogen (secondary N) is 1. The molecular formula is C23H22N2O4. The molecule has 2 aliphatic rings. The second kappa shape index (κ2) is 7.47. The minimum atomic E-state index is -0.377. The summed E-state index contributed by atoms with van der Waals surface area (Å²) in [6.07, 6.45) is 1.54. The van der Waals surface area contributed by atoms with Crippen molar-refractivity contribution in [2.24, 2.45) is 0 Å². The number of amides is 2. The number of anilines is 1. The number of ether oxygens (including phenoxy) is 2. The molecule has 2 heterocycles. The second-order valence-electron chi connectivity index (χ2n) is 7.04. The van der Waals surface area contributed by atoms with Crippen LogP contribution < -0.4 is 14.8 Å². The summed E-state index contributed by atoms with van der Waals surface area (Å²) in [6, 6.07) is 11.1. The smallest absolute Gasteiger partial charge is 0.278 e. The minimum absolute atomic E-state index is 0.151. The Labute approximate surface area is 169 Å². The lowest BCUT2D eigenvalue weighted by molar-refractivity contribution is -0.136. The molecule has 1 N–H and O–H groups in total. The van der Waals surface area contributed by atoms with Crippen molar-refractivity contribution < 1.29 is 19.1 Å². The molecular weight excluding hydrogens is 368 g/mol. The molecule has 4 rings (SSSR count). The molecule has 6 heteroatoms. The summed E-state index contributed by atoms with van der Waals surface area (Å²) in [5, 5.41) is 3.14. The maximum Gasteiger partial charge on any atom is 0.278 e. The van der Waals surface area contributed by atoms with E-state index < -0.39 is 0 Å². The fraction of sp³-hybridized carbons (Fsp3) is 0.217. The third-order valence-corrected chi connectivity index (χ3v) is 5.09. The lowest BCUT2D eigenvalue weighted by atomic mass is 9.99. The maximum absolute atomic E-state index is 13.1. The molecule has 0 unspecified atom stereocenters. The van der Waals surface area contributed by atoms with Crippen molar-refractivity contribution >= 4 is 23.1 Å². The number of rotatable bonds is 5. The van der Waals surface area contributed by atoms with Gasteiger partial charge in [-0.3, -0.25) is 14.5 Å². The Morgan fingerprint density at radius 2 is 1.76 bits per heavy atom. The molecule has 0 saturated carbocycles. The Bertz CT molecular complexity index is 1050. The zero-order valence-electron chi connectivity index (χ0n) is 16.5. The Balaban J connectivity index is 1.77. The fourth-order valence-corrected chi connectivity index (χ4v) is 3.42. The monoisotopic (exact) mass is 390 g/mol. The van der Waals surface area contributed by atoms with Crippen LogP contribution in [0.2, 0.25) is 0 Å². The maximum atomic E-state index is 13.1. The van der Waals surface area contributed by atoms with Gasteiger partial charge in [0, 0.05) is 18.3 Å². The van der Waals surface area contributed by atoms with Gasteiger partial charge < -0.3 is 14.8 Å². The summed E-state index contributed by atoms with van der Waals surface area (Å²) in [4.78, 5) is 27.3. The molecule has 0 atom stereocenters.